The van der Waals surface area contributed by atoms with Gasteiger partial charge in [0.15, 0.2) is 0 Å². The third kappa shape index (κ3) is 3.06. The van der Waals surface area contributed by atoms with E-state index in [1.54, 1.807) is 7.11 Å². The van der Waals surface area contributed by atoms with E-state index in [4.69, 9.17) is 10.5 Å². The van der Waals surface area contributed by atoms with Gasteiger partial charge in [-0.3, -0.25) is 0 Å². The normalized spacial score (nSPS) is 19.4. The van der Waals surface area contributed by atoms with Gasteiger partial charge in [-0.2, -0.15) is 0 Å². The van der Waals surface area contributed by atoms with E-state index in [9.17, 15) is 0 Å². The SMILES string of the molecule is COC(c1ccccc1)C(N)CCC1CC1. The molecule has 1 fully saturated rings. The zero-order chi connectivity index (χ0) is 11.4. The average molecular weight is 219 g/mol. The Balaban J connectivity index is 1.92. The van der Waals surface area contributed by atoms with Crippen molar-refractivity contribution >= 4 is 0 Å². The van der Waals surface area contributed by atoms with E-state index in [0.717, 1.165) is 12.3 Å². The molecule has 0 aromatic heterocycles. The molecule has 2 nitrogen and oxygen atoms in total. The van der Waals surface area contributed by atoms with Gasteiger partial charge in [-0.1, -0.05) is 43.2 Å². The number of methoxy groups -OCH3 is 1. The number of hydrogen-bond donors (Lipinski definition) is 1. The van der Waals surface area contributed by atoms with Gasteiger partial charge < -0.3 is 10.5 Å². The van der Waals surface area contributed by atoms with Crippen LogP contribution in [0.2, 0.25) is 0 Å². The molecule has 1 saturated carbocycles. The number of ether oxygens (including phenoxy) is 1. The molecule has 2 N–H and O–H groups in total. The highest BCUT2D eigenvalue weighted by Crippen LogP contribution is 2.35. The van der Waals surface area contributed by atoms with Crippen molar-refractivity contribution in [2.45, 2.75) is 37.8 Å². The Kier molecular flexibility index (Phi) is 3.97. The molecule has 0 amide bonds. The minimum Gasteiger partial charge on any atom is -0.375 e. The maximum Gasteiger partial charge on any atom is 0.0971 e. The second kappa shape index (κ2) is 5.46. The monoisotopic (exact) mass is 219 g/mol. The average Bonchev–Trinajstić information content (AvgIpc) is 3.13. The summed E-state index contributed by atoms with van der Waals surface area (Å²) in [5, 5.41) is 0. The van der Waals surface area contributed by atoms with Crippen LogP contribution in [0.4, 0.5) is 0 Å². The smallest absolute Gasteiger partial charge is 0.0971 e. The van der Waals surface area contributed by atoms with Gasteiger partial charge in [-0.15, -0.1) is 0 Å². The second-order valence-electron chi connectivity index (χ2n) is 4.75. The summed E-state index contributed by atoms with van der Waals surface area (Å²) in [6, 6.07) is 10.4. The summed E-state index contributed by atoms with van der Waals surface area (Å²) >= 11 is 0. The summed E-state index contributed by atoms with van der Waals surface area (Å²) in [4.78, 5) is 0. The molecular formula is C14H21NO. The lowest BCUT2D eigenvalue weighted by Gasteiger charge is -2.23. The number of nitrogens with two attached hydrogens (primary N) is 1. The van der Waals surface area contributed by atoms with Crippen molar-refractivity contribution in [2.24, 2.45) is 11.7 Å². The summed E-state index contributed by atoms with van der Waals surface area (Å²) in [6.07, 6.45) is 5.16. The molecule has 0 spiro atoms. The number of benzene rings is 1. The molecule has 1 aromatic rings. The van der Waals surface area contributed by atoms with E-state index >= 15 is 0 Å². The standard InChI is InChI=1S/C14H21NO/c1-16-14(12-5-3-2-4-6-12)13(15)10-9-11-7-8-11/h2-6,11,13-14H,7-10,15H2,1H3. The fourth-order valence-corrected chi connectivity index (χ4v) is 2.19. The first-order valence-electron chi connectivity index (χ1n) is 6.14. The lowest BCUT2D eigenvalue weighted by Crippen LogP contribution is -2.29. The van der Waals surface area contributed by atoms with Crippen LogP contribution in [0.3, 0.4) is 0 Å². The zero-order valence-corrected chi connectivity index (χ0v) is 9.93. The van der Waals surface area contributed by atoms with Crippen LogP contribution in [-0.2, 0) is 4.74 Å². The van der Waals surface area contributed by atoms with Crippen molar-refractivity contribution in [3.05, 3.63) is 35.9 Å². The Hall–Kier alpha value is -0.860. The van der Waals surface area contributed by atoms with E-state index in [1.165, 1.54) is 24.8 Å². The predicted molar refractivity (Wildman–Crippen MR) is 66.1 cm³/mol. The maximum atomic E-state index is 6.21. The first kappa shape index (κ1) is 11.6. The Labute approximate surface area is 97.8 Å². The van der Waals surface area contributed by atoms with E-state index in [1.807, 2.05) is 18.2 Å². The predicted octanol–water partition coefficient (Wildman–Crippen LogP) is 2.89. The van der Waals surface area contributed by atoms with Crippen molar-refractivity contribution < 1.29 is 4.74 Å². The summed E-state index contributed by atoms with van der Waals surface area (Å²) in [6.45, 7) is 0. The summed E-state index contributed by atoms with van der Waals surface area (Å²) in [5.74, 6) is 0.944. The zero-order valence-electron chi connectivity index (χ0n) is 9.93. The van der Waals surface area contributed by atoms with Crippen molar-refractivity contribution in [3.63, 3.8) is 0 Å². The molecular weight excluding hydrogens is 198 g/mol. The van der Waals surface area contributed by atoms with Crippen LogP contribution in [0.1, 0.15) is 37.4 Å². The fraction of sp³-hybridized carbons (Fsp3) is 0.571. The molecule has 2 atom stereocenters. The molecule has 1 aliphatic carbocycles. The topological polar surface area (TPSA) is 35.2 Å². The van der Waals surface area contributed by atoms with Crippen molar-refractivity contribution in [1.82, 2.24) is 0 Å². The highest BCUT2D eigenvalue weighted by molar-refractivity contribution is 5.19. The maximum absolute atomic E-state index is 6.21. The molecule has 0 heterocycles. The van der Waals surface area contributed by atoms with E-state index in [2.05, 4.69) is 12.1 Å². The first-order chi connectivity index (χ1) is 7.81. The van der Waals surface area contributed by atoms with Crippen molar-refractivity contribution in [2.75, 3.05) is 7.11 Å². The Morgan fingerprint density at radius 1 is 1.31 bits per heavy atom. The summed E-state index contributed by atoms with van der Waals surface area (Å²) in [7, 11) is 1.74. The van der Waals surface area contributed by atoms with Crippen LogP contribution in [-0.4, -0.2) is 13.2 Å². The lowest BCUT2D eigenvalue weighted by molar-refractivity contribution is 0.0765. The van der Waals surface area contributed by atoms with Gasteiger partial charge in [-0.05, 0) is 24.3 Å². The molecule has 2 rings (SSSR count). The largest absolute Gasteiger partial charge is 0.375 e. The van der Waals surface area contributed by atoms with Crippen LogP contribution in [0, 0.1) is 5.92 Å². The molecule has 0 radical (unpaired) electrons. The summed E-state index contributed by atoms with van der Waals surface area (Å²) in [5.41, 5.74) is 7.40. The third-order valence-corrected chi connectivity index (χ3v) is 3.38. The number of rotatable bonds is 6. The van der Waals surface area contributed by atoms with E-state index in [0.29, 0.717) is 0 Å². The third-order valence-electron chi connectivity index (χ3n) is 3.38. The van der Waals surface area contributed by atoms with E-state index in [-0.39, 0.29) is 12.1 Å². The highest BCUT2D eigenvalue weighted by Gasteiger charge is 2.25. The molecule has 1 aromatic carbocycles. The van der Waals surface area contributed by atoms with Crippen LogP contribution in [0.15, 0.2) is 30.3 Å². The Morgan fingerprint density at radius 2 is 2.00 bits per heavy atom. The minimum absolute atomic E-state index is 0.0416. The molecule has 16 heavy (non-hydrogen) atoms. The molecule has 88 valence electrons. The van der Waals surface area contributed by atoms with Gasteiger partial charge in [0.05, 0.1) is 6.10 Å². The lowest BCUT2D eigenvalue weighted by atomic mass is 9.98. The molecule has 0 aliphatic heterocycles. The van der Waals surface area contributed by atoms with Gasteiger partial charge in [0, 0.05) is 13.2 Å². The Bertz CT molecular complexity index is 308. The van der Waals surface area contributed by atoms with Crippen LogP contribution in [0.5, 0.6) is 0 Å². The van der Waals surface area contributed by atoms with Crippen LogP contribution < -0.4 is 5.73 Å². The summed E-state index contributed by atoms with van der Waals surface area (Å²) < 4.78 is 5.53. The van der Waals surface area contributed by atoms with Gasteiger partial charge in [0.2, 0.25) is 0 Å². The van der Waals surface area contributed by atoms with E-state index < -0.39 is 0 Å². The van der Waals surface area contributed by atoms with Crippen LogP contribution in [0.25, 0.3) is 0 Å². The van der Waals surface area contributed by atoms with Gasteiger partial charge in [-0.25, -0.2) is 0 Å². The number of hydrogen-bond acceptors (Lipinski definition) is 2. The van der Waals surface area contributed by atoms with Gasteiger partial charge in [0.1, 0.15) is 0 Å². The fourth-order valence-electron chi connectivity index (χ4n) is 2.19. The molecule has 2 heteroatoms. The highest BCUT2D eigenvalue weighted by atomic mass is 16.5. The van der Waals surface area contributed by atoms with Crippen LogP contribution >= 0.6 is 0 Å². The quantitative estimate of drug-likeness (QED) is 0.798. The van der Waals surface area contributed by atoms with Gasteiger partial charge in [0.25, 0.3) is 0 Å². The minimum atomic E-state index is 0.0416. The second-order valence-corrected chi connectivity index (χ2v) is 4.75. The molecule has 0 bridgehead atoms. The molecule has 2 unspecified atom stereocenters. The van der Waals surface area contributed by atoms with Crippen molar-refractivity contribution in [1.29, 1.82) is 0 Å². The Morgan fingerprint density at radius 3 is 2.56 bits per heavy atom. The molecule has 1 aliphatic rings. The first-order valence-corrected chi connectivity index (χ1v) is 6.14. The van der Waals surface area contributed by atoms with Crippen molar-refractivity contribution in [3.8, 4) is 0 Å². The molecule has 0 saturated heterocycles. The van der Waals surface area contributed by atoms with Gasteiger partial charge >= 0.3 is 0 Å².